The van der Waals surface area contributed by atoms with E-state index >= 15 is 0 Å². The molecule has 0 spiro atoms. The number of hydrogen-bond donors (Lipinski definition) is 1. The number of nitrogens with one attached hydrogen (secondary N) is 1. The second-order valence-corrected chi connectivity index (χ2v) is 5.36. The zero-order valence-corrected chi connectivity index (χ0v) is 12.0. The maximum atomic E-state index is 4.50. The molecule has 3 nitrogen and oxygen atoms in total. The largest absolute Gasteiger partial charge is 0.365 e. The molecule has 0 bridgehead atoms. The van der Waals surface area contributed by atoms with Gasteiger partial charge in [-0.25, -0.2) is 4.98 Å². The molecule has 0 amide bonds. The predicted molar refractivity (Wildman–Crippen MR) is 84.1 cm³/mol. The van der Waals surface area contributed by atoms with Crippen molar-refractivity contribution in [1.82, 2.24) is 9.97 Å². The van der Waals surface area contributed by atoms with Gasteiger partial charge in [-0.3, -0.25) is 4.98 Å². The average Bonchev–Trinajstić information content (AvgIpc) is 2.97. The van der Waals surface area contributed by atoms with Crippen LogP contribution in [-0.4, -0.2) is 17.0 Å². The molecule has 0 saturated heterocycles. The van der Waals surface area contributed by atoms with Gasteiger partial charge in [-0.2, -0.15) is 0 Å². The van der Waals surface area contributed by atoms with Crippen molar-refractivity contribution in [1.29, 1.82) is 0 Å². The monoisotopic (exact) mass is 281 g/mol. The lowest BCUT2D eigenvalue weighted by atomic mass is 10.0. The van der Waals surface area contributed by atoms with Crippen LogP contribution in [0.4, 0.5) is 5.13 Å². The van der Waals surface area contributed by atoms with Gasteiger partial charge in [0.25, 0.3) is 0 Å². The molecule has 1 aromatic carbocycles. The van der Waals surface area contributed by atoms with Gasteiger partial charge in [0.2, 0.25) is 0 Å². The third kappa shape index (κ3) is 2.86. The number of hydrogen-bond acceptors (Lipinski definition) is 4. The summed E-state index contributed by atoms with van der Waals surface area (Å²) in [5.41, 5.74) is 4.79. The third-order valence-electron chi connectivity index (χ3n) is 3.12. The quantitative estimate of drug-likeness (QED) is 0.789. The molecule has 3 aromatic rings. The van der Waals surface area contributed by atoms with Crippen molar-refractivity contribution in [2.24, 2.45) is 0 Å². The molecule has 0 unspecified atom stereocenters. The minimum atomic E-state index is 0.870. The second kappa shape index (κ2) is 5.84. The predicted octanol–water partition coefficient (Wildman–Crippen LogP) is 3.84. The number of nitrogens with zero attached hydrogens (tertiary/aromatic N) is 2. The number of aromatic nitrogens is 2. The van der Waals surface area contributed by atoms with Gasteiger partial charge in [0.05, 0.1) is 5.69 Å². The highest BCUT2D eigenvalue weighted by molar-refractivity contribution is 7.13. The number of thiazole rings is 1. The Bertz CT molecular complexity index is 674. The Balaban J connectivity index is 1.76. The van der Waals surface area contributed by atoms with E-state index in [1.54, 1.807) is 11.3 Å². The molecule has 3 rings (SSSR count). The Labute approximate surface area is 122 Å². The van der Waals surface area contributed by atoms with Crippen LogP contribution in [-0.2, 0) is 6.42 Å². The van der Waals surface area contributed by atoms with E-state index in [1.807, 2.05) is 31.6 Å². The number of benzene rings is 1. The van der Waals surface area contributed by atoms with Crippen molar-refractivity contribution in [3.8, 4) is 11.1 Å². The molecule has 2 heterocycles. The van der Waals surface area contributed by atoms with Gasteiger partial charge in [-0.15, -0.1) is 11.3 Å². The van der Waals surface area contributed by atoms with E-state index in [-0.39, 0.29) is 0 Å². The fourth-order valence-electron chi connectivity index (χ4n) is 2.07. The van der Waals surface area contributed by atoms with E-state index in [0.29, 0.717) is 0 Å². The first-order valence-electron chi connectivity index (χ1n) is 6.46. The molecule has 4 heteroatoms. The minimum Gasteiger partial charge on any atom is -0.365 e. The van der Waals surface area contributed by atoms with Crippen molar-refractivity contribution in [2.45, 2.75) is 6.42 Å². The van der Waals surface area contributed by atoms with Crippen LogP contribution < -0.4 is 5.32 Å². The van der Waals surface area contributed by atoms with Crippen LogP contribution in [0.3, 0.4) is 0 Å². The summed E-state index contributed by atoms with van der Waals surface area (Å²) in [7, 11) is 1.89. The molecule has 2 aromatic heterocycles. The normalized spacial score (nSPS) is 10.4. The molecule has 0 atom stereocenters. The van der Waals surface area contributed by atoms with Crippen molar-refractivity contribution in [3.63, 3.8) is 0 Å². The van der Waals surface area contributed by atoms with E-state index in [4.69, 9.17) is 0 Å². The lowest BCUT2D eigenvalue weighted by Crippen LogP contribution is -1.91. The molecule has 0 aliphatic heterocycles. The molecule has 1 N–H and O–H groups in total. The number of pyridine rings is 1. The summed E-state index contributed by atoms with van der Waals surface area (Å²) in [6, 6.07) is 12.7. The molecular formula is C16H15N3S. The Kier molecular flexibility index (Phi) is 3.74. The zero-order chi connectivity index (χ0) is 13.8. The van der Waals surface area contributed by atoms with Crippen LogP contribution in [0, 0.1) is 0 Å². The van der Waals surface area contributed by atoms with E-state index in [2.05, 4.69) is 44.9 Å². The van der Waals surface area contributed by atoms with Crippen LogP contribution in [0.1, 0.15) is 11.3 Å². The highest BCUT2D eigenvalue weighted by atomic mass is 32.1. The first kappa shape index (κ1) is 12.8. The summed E-state index contributed by atoms with van der Waals surface area (Å²) in [5, 5.41) is 6.13. The Morgan fingerprint density at radius 1 is 1.00 bits per heavy atom. The van der Waals surface area contributed by atoms with Crippen LogP contribution in [0.25, 0.3) is 11.1 Å². The maximum Gasteiger partial charge on any atom is 0.182 e. The van der Waals surface area contributed by atoms with Crippen molar-refractivity contribution in [3.05, 3.63) is 65.4 Å². The topological polar surface area (TPSA) is 37.8 Å². The fourth-order valence-corrected chi connectivity index (χ4v) is 2.74. The molecule has 0 aliphatic carbocycles. The molecule has 0 fully saturated rings. The van der Waals surface area contributed by atoms with Gasteiger partial charge < -0.3 is 5.32 Å². The summed E-state index contributed by atoms with van der Waals surface area (Å²) in [6.07, 6.45) is 4.50. The van der Waals surface area contributed by atoms with Gasteiger partial charge in [-0.05, 0) is 28.8 Å². The number of anilines is 1. The van der Waals surface area contributed by atoms with E-state index in [9.17, 15) is 0 Å². The first-order valence-corrected chi connectivity index (χ1v) is 7.34. The van der Waals surface area contributed by atoms with Crippen LogP contribution >= 0.6 is 11.3 Å². The smallest absolute Gasteiger partial charge is 0.182 e. The minimum absolute atomic E-state index is 0.870. The third-order valence-corrected chi connectivity index (χ3v) is 4.03. The number of rotatable bonds is 4. The van der Waals surface area contributed by atoms with Crippen LogP contribution in [0.15, 0.2) is 54.2 Å². The SMILES string of the molecule is CNc1nc(Cc2ccc(-c3ccncc3)cc2)cs1. The van der Waals surface area contributed by atoms with Crippen LogP contribution in [0.2, 0.25) is 0 Å². The van der Waals surface area contributed by atoms with E-state index in [0.717, 1.165) is 17.2 Å². The highest BCUT2D eigenvalue weighted by Crippen LogP contribution is 2.21. The highest BCUT2D eigenvalue weighted by Gasteiger charge is 2.03. The van der Waals surface area contributed by atoms with Gasteiger partial charge in [-0.1, -0.05) is 24.3 Å². The molecule has 100 valence electrons. The van der Waals surface area contributed by atoms with Gasteiger partial charge in [0, 0.05) is 31.2 Å². The molecule has 0 saturated carbocycles. The summed E-state index contributed by atoms with van der Waals surface area (Å²) >= 11 is 1.64. The Hall–Kier alpha value is -2.20. The lowest BCUT2D eigenvalue weighted by Gasteiger charge is -2.03. The average molecular weight is 281 g/mol. The molecular weight excluding hydrogens is 266 g/mol. The molecule has 0 aliphatic rings. The fraction of sp³-hybridized carbons (Fsp3) is 0.125. The molecule has 20 heavy (non-hydrogen) atoms. The summed E-state index contributed by atoms with van der Waals surface area (Å²) < 4.78 is 0. The summed E-state index contributed by atoms with van der Waals surface area (Å²) in [4.78, 5) is 8.55. The lowest BCUT2D eigenvalue weighted by molar-refractivity contribution is 1.11. The van der Waals surface area contributed by atoms with E-state index in [1.165, 1.54) is 16.7 Å². The second-order valence-electron chi connectivity index (χ2n) is 4.50. The van der Waals surface area contributed by atoms with Gasteiger partial charge >= 0.3 is 0 Å². The summed E-state index contributed by atoms with van der Waals surface area (Å²) in [5.74, 6) is 0. The first-order chi connectivity index (χ1) is 9.85. The van der Waals surface area contributed by atoms with E-state index < -0.39 is 0 Å². The van der Waals surface area contributed by atoms with Crippen molar-refractivity contribution >= 4 is 16.5 Å². The molecule has 0 radical (unpaired) electrons. The van der Waals surface area contributed by atoms with Crippen LogP contribution in [0.5, 0.6) is 0 Å². The van der Waals surface area contributed by atoms with Gasteiger partial charge in [0.1, 0.15) is 0 Å². The maximum absolute atomic E-state index is 4.50. The van der Waals surface area contributed by atoms with Crippen molar-refractivity contribution < 1.29 is 0 Å². The zero-order valence-electron chi connectivity index (χ0n) is 11.2. The standard InChI is InChI=1S/C16H15N3S/c1-17-16-19-15(11-20-16)10-12-2-4-13(5-3-12)14-6-8-18-9-7-14/h2-9,11H,10H2,1H3,(H,17,19). The van der Waals surface area contributed by atoms with Gasteiger partial charge in [0.15, 0.2) is 5.13 Å². The Morgan fingerprint density at radius 2 is 1.70 bits per heavy atom. The Morgan fingerprint density at radius 3 is 2.35 bits per heavy atom. The van der Waals surface area contributed by atoms with Crippen molar-refractivity contribution in [2.75, 3.05) is 12.4 Å². The summed E-state index contributed by atoms with van der Waals surface area (Å²) in [6.45, 7) is 0.